The molecule has 2 rings (SSSR count). The number of likely N-dealkylation sites (N-methyl/N-ethyl adjacent to an activating group) is 1. The average molecular weight is 234 g/mol. The van der Waals surface area contributed by atoms with Crippen LogP contribution in [0.25, 0.3) is 10.2 Å². The smallest absolute Gasteiger partial charge is 0.0812 e. The Kier molecular flexibility index (Phi) is 3.56. The molecule has 1 heterocycles. The van der Waals surface area contributed by atoms with E-state index in [1.54, 1.807) is 11.3 Å². The third-order valence-electron chi connectivity index (χ3n) is 3.01. The molecule has 0 fully saturated rings. The Morgan fingerprint density at radius 2 is 2.19 bits per heavy atom. The summed E-state index contributed by atoms with van der Waals surface area (Å²) in [5.74, 6) is 1.23. The number of hydrogen-bond donors (Lipinski definition) is 1. The van der Waals surface area contributed by atoms with Crippen LogP contribution in [0.1, 0.15) is 25.3 Å². The summed E-state index contributed by atoms with van der Waals surface area (Å²) in [5.41, 5.74) is 4.44. The second-order valence-electron chi connectivity index (χ2n) is 4.49. The van der Waals surface area contributed by atoms with E-state index in [2.05, 4.69) is 42.3 Å². The average Bonchev–Trinajstić information content (AvgIpc) is 2.72. The summed E-state index contributed by atoms with van der Waals surface area (Å²) in [5, 5.41) is 3.28. The van der Waals surface area contributed by atoms with E-state index < -0.39 is 0 Å². The van der Waals surface area contributed by atoms with Crippen LogP contribution < -0.4 is 5.32 Å². The highest BCUT2D eigenvalue weighted by Crippen LogP contribution is 2.28. The van der Waals surface area contributed by atoms with Gasteiger partial charge in [-0.05, 0) is 36.6 Å². The summed E-state index contributed by atoms with van der Waals surface area (Å²) >= 11 is 1.72. The fraction of sp³-hybridized carbons (Fsp3) is 0.462. The Balaban J connectivity index is 2.35. The highest BCUT2D eigenvalue weighted by Gasteiger charge is 2.15. The van der Waals surface area contributed by atoms with E-state index in [0.717, 1.165) is 12.1 Å². The molecule has 1 aromatic heterocycles. The van der Waals surface area contributed by atoms with Gasteiger partial charge in [-0.15, -0.1) is 11.3 Å². The molecular formula is C13H18N2S. The molecule has 1 unspecified atom stereocenters. The van der Waals surface area contributed by atoms with Crippen molar-refractivity contribution < 1.29 is 0 Å². The topological polar surface area (TPSA) is 24.9 Å². The van der Waals surface area contributed by atoms with Gasteiger partial charge in [-0.25, -0.2) is 4.98 Å². The molecule has 0 saturated carbocycles. The van der Waals surface area contributed by atoms with Gasteiger partial charge in [-0.1, -0.05) is 19.9 Å². The molecule has 2 aromatic rings. The van der Waals surface area contributed by atoms with E-state index in [1.807, 2.05) is 12.6 Å². The van der Waals surface area contributed by atoms with Gasteiger partial charge >= 0.3 is 0 Å². The van der Waals surface area contributed by atoms with Gasteiger partial charge in [-0.2, -0.15) is 0 Å². The molecule has 86 valence electrons. The highest BCUT2D eigenvalue weighted by atomic mass is 32.1. The van der Waals surface area contributed by atoms with Crippen LogP contribution in [0.2, 0.25) is 0 Å². The molecule has 2 nitrogen and oxygen atoms in total. The molecule has 0 aliphatic carbocycles. The van der Waals surface area contributed by atoms with Gasteiger partial charge in [0, 0.05) is 6.54 Å². The molecule has 1 N–H and O–H groups in total. The standard InChI is InChI=1S/C13H18N2S/c1-9(2)11(7-14-3)10-4-5-12-13(6-10)16-8-15-12/h4-6,8-9,11,14H,7H2,1-3H3. The van der Waals surface area contributed by atoms with Crippen molar-refractivity contribution in [2.45, 2.75) is 19.8 Å². The Labute approximate surface area is 101 Å². The van der Waals surface area contributed by atoms with Crippen LogP contribution in [0, 0.1) is 5.92 Å². The molecule has 0 radical (unpaired) electrons. The predicted octanol–water partition coefficient (Wildman–Crippen LogP) is 3.26. The van der Waals surface area contributed by atoms with Crippen LogP contribution in [0.15, 0.2) is 23.7 Å². The molecule has 1 atom stereocenters. The number of nitrogens with zero attached hydrogens (tertiary/aromatic N) is 1. The molecule has 0 amide bonds. The second-order valence-corrected chi connectivity index (χ2v) is 5.37. The zero-order valence-corrected chi connectivity index (χ0v) is 10.8. The first-order valence-electron chi connectivity index (χ1n) is 5.70. The first-order valence-corrected chi connectivity index (χ1v) is 6.58. The van der Waals surface area contributed by atoms with Crippen LogP contribution in [0.4, 0.5) is 0 Å². The van der Waals surface area contributed by atoms with Gasteiger partial charge in [0.25, 0.3) is 0 Å². The predicted molar refractivity (Wildman–Crippen MR) is 71.1 cm³/mol. The van der Waals surface area contributed by atoms with Gasteiger partial charge in [0.2, 0.25) is 0 Å². The van der Waals surface area contributed by atoms with E-state index in [9.17, 15) is 0 Å². The first kappa shape index (κ1) is 11.6. The van der Waals surface area contributed by atoms with Crippen LogP contribution in [0.3, 0.4) is 0 Å². The Bertz CT molecular complexity index is 462. The molecule has 16 heavy (non-hydrogen) atoms. The maximum Gasteiger partial charge on any atom is 0.0812 e. The minimum absolute atomic E-state index is 0.580. The number of hydrogen-bond acceptors (Lipinski definition) is 3. The van der Waals surface area contributed by atoms with Gasteiger partial charge in [0.1, 0.15) is 0 Å². The number of thiazole rings is 1. The maximum absolute atomic E-state index is 4.31. The minimum Gasteiger partial charge on any atom is -0.319 e. The van der Waals surface area contributed by atoms with E-state index in [4.69, 9.17) is 0 Å². The third-order valence-corrected chi connectivity index (χ3v) is 3.80. The van der Waals surface area contributed by atoms with Crippen molar-refractivity contribution in [3.8, 4) is 0 Å². The van der Waals surface area contributed by atoms with Gasteiger partial charge in [0.05, 0.1) is 15.7 Å². The summed E-state index contributed by atoms with van der Waals surface area (Å²) in [7, 11) is 2.01. The van der Waals surface area contributed by atoms with Crippen molar-refractivity contribution in [1.82, 2.24) is 10.3 Å². The lowest BCUT2D eigenvalue weighted by Gasteiger charge is -2.20. The summed E-state index contributed by atoms with van der Waals surface area (Å²) in [6.07, 6.45) is 0. The van der Waals surface area contributed by atoms with Crippen molar-refractivity contribution in [2.75, 3.05) is 13.6 Å². The number of nitrogens with one attached hydrogen (secondary N) is 1. The van der Waals surface area contributed by atoms with Crippen LogP contribution in [-0.2, 0) is 0 Å². The lowest BCUT2D eigenvalue weighted by molar-refractivity contribution is 0.479. The molecule has 0 bridgehead atoms. The van der Waals surface area contributed by atoms with Crippen molar-refractivity contribution in [3.63, 3.8) is 0 Å². The van der Waals surface area contributed by atoms with E-state index in [-0.39, 0.29) is 0 Å². The summed E-state index contributed by atoms with van der Waals surface area (Å²) in [6, 6.07) is 6.63. The highest BCUT2D eigenvalue weighted by molar-refractivity contribution is 7.16. The quantitative estimate of drug-likeness (QED) is 0.878. The van der Waals surface area contributed by atoms with Crippen molar-refractivity contribution in [3.05, 3.63) is 29.3 Å². The third kappa shape index (κ3) is 2.25. The van der Waals surface area contributed by atoms with Crippen LogP contribution >= 0.6 is 11.3 Å². The van der Waals surface area contributed by atoms with Crippen molar-refractivity contribution >= 4 is 21.6 Å². The number of benzene rings is 1. The first-order chi connectivity index (χ1) is 7.72. The summed E-state index contributed by atoms with van der Waals surface area (Å²) < 4.78 is 1.29. The molecule has 0 aliphatic rings. The Morgan fingerprint density at radius 3 is 2.88 bits per heavy atom. The lowest BCUT2D eigenvalue weighted by Crippen LogP contribution is -2.21. The largest absolute Gasteiger partial charge is 0.319 e. The summed E-state index contributed by atoms with van der Waals surface area (Å²) in [4.78, 5) is 4.31. The Morgan fingerprint density at radius 1 is 1.38 bits per heavy atom. The van der Waals surface area contributed by atoms with Crippen molar-refractivity contribution in [1.29, 1.82) is 0 Å². The van der Waals surface area contributed by atoms with E-state index in [0.29, 0.717) is 11.8 Å². The van der Waals surface area contributed by atoms with Crippen molar-refractivity contribution in [2.24, 2.45) is 5.92 Å². The molecule has 0 spiro atoms. The number of aromatic nitrogens is 1. The minimum atomic E-state index is 0.580. The molecule has 0 aliphatic heterocycles. The summed E-state index contributed by atoms with van der Waals surface area (Å²) in [6.45, 7) is 5.58. The van der Waals surface area contributed by atoms with Gasteiger partial charge < -0.3 is 5.32 Å². The van der Waals surface area contributed by atoms with Gasteiger partial charge in [0.15, 0.2) is 0 Å². The van der Waals surface area contributed by atoms with E-state index in [1.165, 1.54) is 10.3 Å². The molecule has 3 heteroatoms. The zero-order chi connectivity index (χ0) is 11.5. The molecule has 0 saturated heterocycles. The van der Waals surface area contributed by atoms with Gasteiger partial charge in [-0.3, -0.25) is 0 Å². The normalized spacial score (nSPS) is 13.5. The lowest BCUT2D eigenvalue weighted by atomic mass is 9.88. The second kappa shape index (κ2) is 4.93. The van der Waals surface area contributed by atoms with Crippen LogP contribution in [0.5, 0.6) is 0 Å². The Hall–Kier alpha value is -0.930. The SMILES string of the molecule is CNCC(c1ccc2ncsc2c1)C(C)C. The fourth-order valence-electron chi connectivity index (χ4n) is 2.06. The fourth-order valence-corrected chi connectivity index (χ4v) is 2.79. The van der Waals surface area contributed by atoms with Crippen LogP contribution in [-0.4, -0.2) is 18.6 Å². The zero-order valence-electron chi connectivity index (χ0n) is 10.0. The monoisotopic (exact) mass is 234 g/mol. The molecule has 1 aromatic carbocycles. The number of fused-ring (bicyclic) bond motifs is 1. The maximum atomic E-state index is 4.31. The number of rotatable bonds is 4. The van der Waals surface area contributed by atoms with E-state index >= 15 is 0 Å². The molecular weight excluding hydrogens is 216 g/mol.